The second-order valence-electron chi connectivity index (χ2n) is 4.78. The van der Waals surface area contributed by atoms with Gasteiger partial charge in [-0.05, 0) is 25.1 Å². The summed E-state index contributed by atoms with van der Waals surface area (Å²) in [6.07, 6.45) is 0. The summed E-state index contributed by atoms with van der Waals surface area (Å²) in [7, 11) is 0. The summed E-state index contributed by atoms with van der Waals surface area (Å²) in [5.74, 6) is 0.135. The van der Waals surface area contributed by atoms with Crippen LogP contribution in [0, 0.1) is 12.7 Å². The Balaban J connectivity index is 2.01. The normalized spacial score (nSPS) is 18.6. The fraction of sp³-hybridized carbons (Fsp3) is 0.188. The van der Waals surface area contributed by atoms with Crippen molar-refractivity contribution in [3.63, 3.8) is 0 Å². The molecule has 0 aliphatic carbocycles. The van der Waals surface area contributed by atoms with E-state index in [-0.39, 0.29) is 17.1 Å². The molecule has 0 spiro atoms. The molecule has 1 atom stereocenters. The lowest BCUT2D eigenvalue weighted by molar-refractivity contribution is -0.115. The van der Waals surface area contributed by atoms with Crippen LogP contribution in [0.3, 0.4) is 0 Å². The van der Waals surface area contributed by atoms with Gasteiger partial charge in [0.1, 0.15) is 11.2 Å². The van der Waals surface area contributed by atoms with Crippen LogP contribution in [0.2, 0.25) is 0 Å². The van der Waals surface area contributed by atoms with Crippen LogP contribution in [0.25, 0.3) is 0 Å². The number of carbonyl (C=O) groups is 1. The van der Waals surface area contributed by atoms with Crippen molar-refractivity contribution in [3.05, 3.63) is 65.5 Å². The van der Waals surface area contributed by atoms with Gasteiger partial charge in [0.05, 0.1) is 5.75 Å². The molecule has 3 rings (SSSR count). The Hall–Kier alpha value is -1.81. The van der Waals surface area contributed by atoms with Crippen LogP contribution in [0.15, 0.2) is 48.5 Å². The lowest BCUT2D eigenvalue weighted by atomic mass is 10.1. The zero-order valence-corrected chi connectivity index (χ0v) is 11.9. The lowest BCUT2D eigenvalue weighted by Crippen LogP contribution is -2.28. The largest absolute Gasteiger partial charge is 0.295 e. The van der Waals surface area contributed by atoms with Gasteiger partial charge >= 0.3 is 0 Å². The smallest absolute Gasteiger partial charge is 0.238 e. The second kappa shape index (κ2) is 5.29. The predicted molar refractivity (Wildman–Crippen MR) is 80.3 cm³/mol. The van der Waals surface area contributed by atoms with E-state index in [4.69, 9.17) is 0 Å². The molecule has 20 heavy (non-hydrogen) atoms. The van der Waals surface area contributed by atoms with E-state index in [1.807, 2.05) is 31.2 Å². The number of anilines is 1. The highest BCUT2D eigenvalue weighted by Gasteiger charge is 2.35. The predicted octanol–water partition coefficient (Wildman–Crippen LogP) is 3.91. The molecule has 2 aromatic rings. The standard InChI is InChI=1S/C16H14FNOS/c1-11-6-8-12(9-7-11)18-15(19)10-20-16(18)13-4-2-3-5-14(13)17/h2-9,16H,10H2,1H3/t16-/m0/s1. The van der Waals surface area contributed by atoms with Crippen molar-refractivity contribution in [1.82, 2.24) is 0 Å². The Morgan fingerprint density at radius 2 is 1.85 bits per heavy atom. The van der Waals surface area contributed by atoms with Crippen molar-refractivity contribution in [1.29, 1.82) is 0 Å². The number of thioether (sulfide) groups is 1. The summed E-state index contributed by atoms with van der Waals surface area (Å²) in [6, 6.07) is 14.4. The number of amides is 1. The van der Waals surface area contributed by atoms with E-state index < -0.39 is 0 Å². The number of benzene rings is 2. The third kappa shape index (κ3) is 2.31. The van der Waals surface area contributed by atoms with Crippen molar-refractivity contribution in [2.75, 3.05) is 10.7 Å². The zero-order chi connectivity index (χ0) is 14.1. The Kier molecular flexibility index (Phi) is 3.49. The maximum atomic E-state index is 14.0. The molecule has 1 fully saturated rings. The third-order valence-corrected chi connectivity index (χ3v) is 4.55. The quantitative estimate of drug-likeness (QED) is 0.834. The Labute approximate surface area is 121 Å². The first kappa shape index (κ1) is 13.2. The molecule has 1 saturated heterocycles. The molecule has 2 nitrogen and oxygen atoms in total. The number of rotatable bonds is 2. The van der Waals surface area contributed by atoms with Crippen molar-refractivity contribution in [3.8, 4) is 0 Å². The first-order valence-corrected chi connectivity index (χ1v) is 7.46. The number of nitrogens with zero attached hydrogens (tertiary/aromatic N) is 1. The number of hydrogen-bond acceptors (Lipinski definition) is 2. The minimum Gasteiger partial charge on any atom is -0.295 e. The van der Waals surface area contributed by atoms with Crippen molar-refractivity contribution >= 4 is 23.4 Å². The first-order chi connectivity index (χ1) is 9.66. The van der Waals surface area contributed by atoms with Gasteiger partial charge in [-0.15, -0.1) is 11.8 Å². The minimum atomic E-state index is -0.286. The zero-order valence-electron chi connectivity index (χ0n) is 11.0. The van der Waals surface area contributed by atoms with Crippen LogP contribution in [0.4, 0.5) is 10.1 Å². The van der Waals surface area contributed by atoms with Crippen LogP contribution in [0.5, 0.6) is 0 Å². The molecule has 1 aliphatic heterocycles. The van der Waals surface area contributed by atoms with Crippen molar-refractivity contribution in [2.24, 2.45) is 0 Å². The summed E-state index contributed by atoms with van der Waals surface area (Å²) < 4.78 is 14.0. The van der Waals surface area contributed by atoms with Gasteiger partial charge in [-0.25, -0.2) is 4.39 Å². The highest BCUT2D eigenvalue weighted by Crippen LogP contribution is 2.42. The third-order valence-electron chi connectivity index (χ3n) is 3.35. The Bertz CT molecular complexity index is 641. The average molecular weight is 287 g/mol. The monoisotopic (exact) mass is 287 g/mol. The van der Waals surface area contributed by atoms with Crippen LogP contribution in [0.1, 0.15) is 16.5 Å². The van der Waals surface area contributed by atoms with Crippen molar-refractivity contribution < 1.29 is 9.18 Å². The van der Waals surface area contributed by atoms with Crippen molar-refractivity contribution in [2.45, 2.75) is 12.3 Å². The molecular formula is C16H14FNOS. The molecule has 0 bridgehead atoms. The van der Waals surface area contributed by atoms with Gasteiger partial charge in [0.15, 0.2) is 0 Å². The first-order valence-electron chi connectivity index (χ1n) is 6.41. The van der Waals surface area contributed by atoms with Gasteiger partial charge in [0.2, 0.25) is 5.91 Å². The van der Waals surface area contributed by atoms with E-state index in [9.17, 15) is 9.18 Å². The second-order valence-corrected chi connectivity index (χ2v) is 5.85. The topological polar surface area (TPSA) is 20.3 Å². The SMILES string of the molecule is Cc1ccc(N2C(=O)CS[C@H]2c2ccccc2F)cc1. The molecule has 0 saturated carbocycles. The molecule has 102 valence electrons. The average Bonchev–Trinajstić information content (AvgIpc) is 2.82. The molecule has 4 heteroatoms. The van der Waals surface area contributed by atoms with E-state index in [1.54, 1.807) is 23.1 Å². The van der Waals surface area contributed by atoms with Gasteiger partial charge in [0, 0.05) is 11.3 Å². The van der Waals surface area contributed by atoms with E-state index in [0.29, 0.717) is 11.3 Å². The summed E-state index contributed by atoms with van der Waals surface area (Å²) in [6.45, 7) is 2.00. The van der Waals surface area contributed by atoms with E-state index in [1.165, 1.54) is 17.8 Å². The number of halogens is 1. The molecule has 0 radical (unpaired) electrons. The summed E-state index contributed by atoms with van der Waals surface area (Å²) in [5, 5.41) is -0.286. The van der Waals surface area contributed by atoms with Crippen LogP contribution in [-0.4, -0.2) is 11.7 Å². The van der Waals surface area contributed by atoms with Gasteiger partial charge in [-0.1, -0.05) is 35.9 Å². The molecule has 1 amide bonds. The summed E-state index contributed by atoms with van der Waals surface area (Å²) in [5.41, 5.74) is 2.51. The van der Waals surface area contributed by atoms with Crippen LogP contribution < -0.4 is 4.90 Å². The van der Waals surface area contributed by atoms with Gasteiger partial charge in [-0.3, -0.25) is 9.69 Å². The van der Waals surface area contributed by atoms with Crippen LogP contribution >= 0.6 is 11.8 Å². The number of hydrogen-bond donors (Lipinski definition) is 0. The van der Waals surface area contributed by atoms with E-state index in [2.05, 4.69) is 0 Å². The van der Waals surface area contributed by atoms with Gasteiger partial charge in [0.25, 0.3) is 0 Å². The maximum Gasteiger partial charge on any atom is 0.238 e. The van der Waals surface area contributed by atoms with Gasteiger partial charge in [-0.2, -0.15) is 0 Å². The molecule has 0 unspecified atom stereocenters. The highest BCUT2D eigenvalue weighted by molar-refractivity contribution is 8.00. The number of aryl methyl sites for hydroxylation is 1. The maximum absolute atomic E-state index is 14.0. The van der Waals surface area contributed by atoms with Crippen LogP contribution in [-0.2, 0) is 4.79 Å². The fourth-order valence-electron chi connectivity index (χ4n) is 2.31. The molecule has 0 N–H and O–H groups in total. The lowest BCUT2D eigenvalue weighted by Gasteiger charge is -2.24. The Morgan fingerprint density at radius 1 is 1.15 bits per heavy atom. The molecule has 1 heterocycles. The van der Waals surface area contributed by atoms with Gasteiger partial charge < -0.3 is 0 Å². The molecular weight excluding hydrogens is 273 g/mol. The highest BCUT2D eigenvalue weighted by atomic mass is 32.2. The minimum absolute atomic E-state index is 0.0205. The van der Waals surface area contributed by atoms with E-state index in [0.717, 1.165) is 11.3 Å². The summed E-state index contributed by atoms with van der Waals surface area (Å²) in [4.78, 5) is 13.8. The Morgan fingerprint density at radius 3 is 2.55 bits per heavy atom. The van der Waals surface area contributed by atoms with E-state index >= 15 is 0 Å². The molecule has 0 aromatic heterocycles. The summed E-state index contributed by atoms with van der Waals surface area (Å²) >= 11 is 1.46. The number of carbonyl (C=O) groups excluding carboxylic acids is 1. The molecule has 2 aromatic carbocycles. The molecule has 1 aliphatic rings. The fourth-order valence-corrected chi connectivity index (χ4v) is 3.51.